The van der Waals surface area contributed by atoms with Crippen LogP contribution in [0, 0.1) is 0 Å². The second-order valence-corrected chi connectivity index (χ2v) is 6.51. The van der Waals surface area contributed by atoms with E-state index in [9.17, 15) is 8.42 Å². The van der Waals surface area contributed by atoms with Gasteiger partial charge in [0.1, 0.15) is 5.25 Å². The van der Waals surface area contributed by atoms with E-state index in [2.05, 4.69) is 0 Å². The molecule has 0 N–H and O–H groups in total. The Morgan fingerprint density at radius 3 is 2.44 bits per heavy atom. The van der Waals surface area contributed by atoms with E-state index in [0.29, 0.717) is 15.6 Å². The van der Waals surface area contributed by atoms with E-state index in [1.54, 1.807) is 12.1 Å². The van der Waals surface area contributed by atoms with E-state index in [0.717, 1.165) is 6.26 Å². The van der Waals surface area contributed by atoms with Crippen molar-refractivity contribution in [3.05, 3.63) is 33.8 Å². The molecule has 0 aliphatic carbocycles. The van der Waals surface area contributed by atoms with Gasteiger partial charge in [0.05, 0.1) is 6.61 Å². The molecule has 1 atom stereocenters. The lowest BCUT2D eigenvalue weighted by Crippen LogP contribution is -2.17. The van der Waals surface area contributed by atoms with Crippen LogP contribution in [-0.2, 0) is 14.6 Å². The highest BCUT2D eigenvalue weighted by Gasteiger charge is 2.25. The normalized spacial score (nSPS) is 13.8. The first-order valence-corrected chi connectivity index (χ1v) is 7.20. The van der Waals surface area contributed by atoms with Crippen molar-refractivity contribution < 1.29 is 13.2 Å². The highest BCUT2D eigenvalue weighted by molar-refractivity contribution is 7.91. The summed E-state index contributed by atoms with van der Waals surface area (Å²) in [5, 5.41) is 0.0423. The molecule has 1 aromatic carbocycles. The molecule has 0 spiro atoms. The largest absolute Gasteiger partial charge is 0.383 e. The number of hydrogen-bond acceptors (Lipinski definition) is 3. The van der Waals surface area contributed by atoms with E-state index >= 15 is 0 Å². The molecule has 0 saturated heterocycles. The lowest BCUT2D eigenvalue weighted by Gasteiger charge is -2.16. The van der Waals surface area contributed by atoms with Crippen LogP contribution in [0.1, 0.15) is 10.8 Å². The minimum Gasteiger partial charge on any atom is -0.383 e. The van der Waals surface area contributed by atoms with Crippen molar-refractivity contribution in [2.75, 3.05) is 20.0 Å². The molecule has 1 unspecified atom stereocenters. The van der Waals surface area contributed by atoms with Crippen molar-refractivity contribution in [2.45, 2.75) is 5.25 Å². The number of sulfone groups is 1. The lowest BCUT2D eigenvalue weighted by atomic mass is 10.1. The van der Waals surface area contributed by atoms with Crippen LogP contribution in [0.2, 0.25) is 10.0 Å². The summed E-state index contributed by atoms with van der Waals surface area (Å²) in [5.74, 6) is 0. The standard InChI is InChI=1S/C10H12Cl2O3S/c1-15-6-10(16(2,13)14)8-4-3-7(11)5-9(8)12/h3-5,10H,6H2,1-2H3. The summed E-state index contributed by atoms with van der Waals surface area (Å²) in [5.41, 5.74) is 0.510. The summed E-state index contributed by atoms with van der Waals surface area (Å²) in [4.78, 5) is 0. The number of rotatable bonds is 4. The van der Waals surface area contributed by atoms with E-state index in [-0.39, 0.29) is 6.61 Å². The SMILES string of the molecule is COCC(c1ccc(Cl)cc1Cl)S(C)(=O)=O. The van der Waals surface area contributed by atoms with Crippen LogP contribution in [0.15, 0.2) is 18.2 Å². The predicted molar refractivity (Wildman–Crippen MR) is 65.9 cm³/mol. The zero-order valence-electron chi connectivity index (χ0n) is 8.91. The summed E-state index contributed by atoms with van der Waals surface area (Å²) >= 11 is 11.7. The van der Waals surface area contributed by atoms with Crippen LogP contribution >= 0.6 is 23.2 Å². The third-order valence-electron chi connectivity index (χ3n) is 2.14. The van der Waals surface area contributed by atoms with Crippen molar-refractivity contribution in [3.63, 3.8) is 0 Å². The average Bonchev–Trinajstić information content (AvgIpc) is 2.13. The molecule has 1 rings (SSSR count). The molecule has 0 bridgehead atoms. The maximum atomic E-state index is 11.6. The maximum absolute atomic E-state index is 11.6. The maximum Gasteiger partial charge on any atom is 0.156 e. The first-order valence-electron chi connectivity index (χ1n) is 4.49. The summed E-state index contributed by atoms with van der Waals surface area (Å²) in [6, 6.07) is 4.73. The van der Waals surface area contributed by atoms with Gasteiger partial charge in [-0.25, -0.2) is 8.42 Å². The number of ether oxygens (including phenoxy) is 1. The third-order valence-corrected chi connectivity index (χ3v) is 4.13. The molecular weight excluding hydrogens is 271 g/mol. The molecule has 0 saturated carbocycles. The van der Waals surface area contributed by atoms with Crippen molar-refractivity contribution in [1.82, 2.24) is 0 Å². The van der Waals surface area contributed by atoms with Crippen LogP contribution in [0.5, 0.6) is 0 Å². The van der Waals surface area contributed by atoms with Gasteiger partial charge in [-0.1, -0.05) is 29.3 Å². The Morgan fingerprint density at radius 2 is 2.00 bits per heavy atom. The Morgan fingerprint density at radius 1 is 1.38 bits per heavy atom. The molecule has 0 aliphatic rings. The van der Waals surface area contributed by atoms with Gasteiger partial charge in [0.25, 0.3) is 0 Å². The Kier molecular flexibility index (Phi) is 4.62. The molecule has 3 nitrogen and oxygen atoms in total. The molecule has 0 radical (unpaired) electrons. The van der Waals surface area contributed by atoms with Crippen molar-refractivity contribution in [1.29, 1.82) is 0 Å². The van der Waals surface area contributed by atoms with Crippen LogP contribution in [0.4, 0.5) is 0 Å². The smallest absolute Gasteiger partial charge is 0.156 e. The second kappa shape index (κ2) is 5.36. The minimum absolute atomic E-state index is 0.0696. The van der Waals surface area contributed by atoms with Gasteiger partial charge in [-0.15, -0.1) is 0 Å². The van der Waals surface area contributed by atoms with Gasteiger partial charge in [0.15, 0.2) is 9.84 Å². The number of halogens is 2. The molecule has 6 heteroatoms. The van der Waals surface area contributed by atoms with Gasteiger partial charge in [0.2, 0.25) is 0 Å². The molecule has 0 aliphatic heterocycles. The van der Waals surface area contributed by atoms with Crippen molar-refractivity contribution in [3.8, 4) is 0 Å². The van der Waals surface area contributed by atoms with E-state index in [1.807, 2.05) is 0 Å². The Labute approximate surface area is 105 Å². The fourth-order valence-electron chi connectivity index (χ4n) is 1.36. The number of methoxy groups -OCH3 is 1. The van der Waals surface area contributed by atoms with Gasteiger partial charge >= 0.3 is 0 Å². The highest BCUT2D eigenvalue weighted by atomic mass is 35.5. The van der Waals surface area contributed by atoms with Gasteiger partial charge in [-0.05, 0) is 17.7 Å². The van der Waals surface area contributed by atoms with Crippen LogP contribution in [0.3, 0.4) is 0 Å². The summed E-state index contributed by atoms with van der Waals surface area (Å²) < 4.78 is 28.1. The average molecular weight is 283 g/mol. The quantitative estimate of drug-likeness (QED) is 0.853. The zero-order valence-corrected chi connectivity index (χ0v) is 11.2. The van der Waals surface area contributed by atoms with Gasteiger partial charge in [-0.3, -0.25) is 0 Å². The monoisotopic (exact) mass is 282 g/mol. The van der Waals surface area contributed by atoms with Gasteiger partial charge < -0.3 is 4.74 Å². The van der Waals surface area contributed by atoms with Crippen molar-refractivity contribution >= 4 is 33.0 Å². The lowest BCUT2D eigenvalue weighted by molar-refractivity contribution is 0.197. The zero-order chi connectivity index (χ0) is 12.3. The first-order chi connectivity index (χ1) is 7.36. The van der Waals surface area contributed by atoms with E-state index < -0.39 is 15.1 Å². The minimum atomic E-state index is -3.27. The summed E-state index contributed by atoms with van der Waals surface area (Å²) in [6.45, 7) is 0.0696. The van der Waals surface area contributed by atoms with Crippen LogP contribution < -0.4 is 0 Å². The molecule has 0 heterocycles. The first kappa shape index (κ1) is 13.8. The Hall–Kier alpha value is -0.290. The fourth-order valence-corrected chi connectivity index (χ4v) is 3.01. The molecular formula is C10H12Cl2O3S. The molecule has 0 aromatic heterocycles. The van der Waals surface area contributed by atoms with Crippen LogP contribution in [-0.4, -0.2) is 28.4 Å². The van der Waals surface area contributed by atoms with Gasteiger partial charge in [0, 0.05) is 23.4 Å². The summed E-state index contributed by atoms with van der Waals surface area (Å²) in [7, 11) is -1.82. The fraction of sp³-hybridized carbons (Fsp3) is 0.400. The van der Waals surface area contributed by atoms with E-state index in [4.69, 9.17) is 27.9 Å². The molecule has 0 fully saturated rings. The number of benzene rings is 1. The summed E-state index contributed by atoms with van der Waals surface area (Å²) in [6.07, 6.45) is 1.15. The van der Waals surface area contributed by atoms with E-state index in [1.165, 1.54) is 13.2 Å². The van der Waals surface area contributed by atoms with Crippen LogP contribution in [0.25, 0.3) is 0 Å². The number of hydrogen-bond donors (Lipinski definition) is 0. The topological polar surface area (TPSA) is 43.4 Å². The predicted octanol–water partition coefficient (Wildman–Crippen LogP) is 2.73. The molecule has 16 heavy (non-hydrogen) atoms. The molecule has 0 amide bonds. The third kappa shape index (κ3) is 3.35. The molecule has 1 aromatic rings. The highest BCUT2D eigenvalue weighted by Crippen LogP contribution is 2.30. The second-order valence-electron chi connectivity index (χ2n) is 3.44. The molecule has 90 valence electrons. The van der Waals surface area contributed by atoms with Crippen molar-refractivity contribution in [2.24, 2.45) is 0 Å². The van der Waals surface area contributed by atoms with Gasteiger partial charge in [-0.2, -0.15) is 0 Å². The Balaban J connectivity index is 3.22. The Bertz CT molecular complexity index is 471.